The molecule has 0 saturated heterocycles. The smallest absolute Gasteiger partial charge is 0.271 e. The summed E-state index contributed by atoms with van der Waals surface area (Å²) >= 11 is 6.84. The molecule has 0 unspecified atom stereocenters. The largest absolute Gasteiger partial charge is 0.490 e. The molecule has 1 amide bonds. The lowest BCUT2D eigenvalue weighted by molar-refractivity contribution is 0.0955. The van der Waals surface area contributed by atoms with Crippen LogP contribution in [0.15, 0.2) is 50.4 Å². The van der Waals surface area contributed by atoms with Crippen molar-refractivity contribution in [3.05, 3.63) is 56.5 Å². The van der Waals surface area contributed by atoms with Crippen molar-refractivity contribution in [1.82, 2.24) is 5.43 Å². The standard InChI is InChI=1S/C19H20Br2N2O3/c1-3-9-26-18-11-16(21)14(10-17(18)25-4-2)12-22-23-19(24)13-5-7-15(20)8-6-13/h5-8,10-12H,3-4,9H2,1-2H3,(H,23,24). The molecule has 0 spiro atoms. The third-order valence-corrected chi connectivity index (χ3v) is 4.52. The zero-order valence-corrected chi connectivity index (χ0v) is 17.8. The van der Waals surface area contributed by atoms with Crippen LogP contribution in [0.3, 0.4) is 0 Å². The summed E-state index contributed by atoms with van der Waals surface area (Å²) in [5, 5.41) is 4.03. The van der Waals surface area contributed by atoms with Crippen LogP contribution < -0.4 is 14.9 Å². The summed E-state index contributed by atoms with van der Waals surface area (Å²) in [6.45, 7) is 5.10. The van der Waals surface area contributed by atoms with Crippen LogP contribution >= 0.6 is 31.9 Å². The normalized spacial score (nSPS) is 10.8. The summed E-state index contributed by atoms with van der Waals surface area (Å²) in [4.78, 5) is 12.1. The fourth-order valence-electron chi connectivity index (χ4n) is 2.07. The van der Waals surface area contributed by atoms with Crippen molar-refractivity contribution in [3.63, 3.8) is 0 Å². The Morgan fingerprint density at radius 2 is 1.81 bits per heavy atom. The van der Waals surface area contributed by atoms with E-state index in [1.165, 1.54) is 0 Å². The van der Waals surface area contributed by atoms with Crippen LogP contribution in [0.5, 0.6) is 11.5 Å². The summed E-state index contributed by atoms with van der Waals surface area (Å²) in [6, 6.07) is 10.7. The molecule has 0 bridgehead atoms. The quantitative estimate of drug-likeness (QED) is 0.416. The molecule has 0 aliphatic carbocycles. The van der Waals surface area contributed by atoms with Gasteiger partial charge in [-0.3, -0.25) is 4.79 Å². The lowest BCUT2D eigenvalue weighted by Gasteiger charge is -2.13. The Hall–Kier alpha value is -1.86. The highest BCUT2D eigenvalue weighted by atomic mass is 79.9. The van der Waals surface area contributed by atoms with Crippen molar-refractivity contribution < 1.29 is 14.3 Å². The number of hydrogen-bond donors (Lipinski definition) is 1. The molecule has 0 aliphatic rings. The Labute approximate surface area is 170 Å². The summed E-state index contributed by atoms with van der Waals surface area (Å²) in [6.07, 6.45) is 2.47. The van der Waals surface area contributed by atoms with Gasteiger partial charge < -0.3 is 9.47 Å². The van der Waals surface area contributed by atoms with E-state index in [-0.39, 0.29) is 5.91 Å². The molecule has 26 heavy (non-hydrogen) atoms. The molecule has 2 aromatic rings. The van der Waals surface area contributed by atoms with Crippen molar-refractivity contribution >= 4 is 44.0 Å². The molecule has 0 heterocycles. The molecular weight excluding hydrogens is 464 g/mol. The van der Waals surface area contributed by atoms with Gasteiger partial charge in [-0.1, -0.05) is 22.9 Å². The van der Waals surface area contributed by atoms with E-state index in [4.69, 9.17) is 9.47 Å². The monoisotopic (exact) mass is 482 g/mol. The number of hydrogen-bond acceptors (Lipinski definition) is 4. The highest BCUT2D eigenvalue weighted by Gasteiger charge is 2.10. The first-order valence-corrected chi connectivity index (χ1v) is 9.81. The lowest BCUT2D eigenvalue weighted by atomic mass is 10.2. The maximum Gasteiger partial charge on any atom is 0.271 e. The molecule has 0 fully saturated rings. The third-order valence-electron chi connectivity index (χ3n) is 3.30. The number of amides is 1. The van der Waals surface area contributed by atoms with E-state index < -0.39 is 0 Å². The minimum atomic E-state index is -0.280. The highest BCUT2D eigenvalue weighted by Crippen LogP contribution is 2.33. The van der Waals surface area contributed by atoms with Crippen LogP contribution in [0, 0.1) is 0 Å². The van der Waals surface area contributed by atoms with Gasteiger partial charge in [-0.15, -0.1) is 0 Å². The van der Waals surface area contributed by atoms with Crippen molar-refractivity contribution in [2.24, 2.45) is 5.10 Å². The van der Waals surface area contributed by atoms with Crippen molar-refractivity contribution in [1.29, 1.82) is 0 Å². The van der Waals surface area contributed by atoms with Crippen molar-refractivity contribution in [3.8, 4) is 11.5 Å². The maximum atomic E-state index is 12.1. The first-order valence-electron chi connectivity index (χ1n) is 8.23. The van der Waals surface area contributed by atoms with Crippen molar-refractivity contribution in [2.75, 3.05) is 13.2 Å². The van der Waals surface area contributed by atoms with Gasteiger partial charge in [-0.05, 0) is 65.7 Å². The van der Waals surface area contributed by atoms with Gasteiger partial charge in [0.25, 0.3) is 5.91 Å². The van der Waals surface area contributed by atoms with Crippen LogP contribution in [0.2, 0.25) is 0 Å². The zero-order chi connectivity index (χ0) is 18.9. The van der Waals surface area contributed by atoms with Gasteiger partial charge in [0.2, 0.25) is 0 Å². The molecule has 2 aromatic carbocycles. The van der Waals surface area contributed by atoms with E-state index >= 15 is 0 Å². The highest BCUT2D eigenvalue weighted by molar-refractivity contribution is 9.10. The van der Waals surface area contributed by atoms with Crippen LogP contribution in [0.25, 0.3) is 0 Å². The second-order valence-electron chi connectivity index (χ2n) is 5.31. The second-order valence-corrected chi connectivity index (χ2v) is 7.08. The Morgan fingerprint density at radius 1 is 1.12 bits per heavy atom. The van der Waals surface area contributed by atoms with E-state index in [1.807, 2.05) is 26.0 Å². The SMILES string of the molecule is CCCOc1cc(Br)c(C=NNC(=O)c2ccc(Br)cc2)cc1OCC. The number of hydrazone groups is 1. The molecule has 0 atom stereocenters. The van der Waals surface area contributed by atoms with Gasteiger partial charge in [0.1, 0.15) is 0 Å². The minimum Gasteiger partial charge on any atom is -0.490 e. The molecule has 0 radical (unpaired) electrons. The molecule has 2 rings (SSSR count). The number of halogens is 2. The average Bonchev–Trinajstić information content (AvgIpc) is 2.63. The molecular formula is C19H20Br2N2O3. The van der Waals surface area contributed by atoms with E-state index in [1.54, 1.807) is 30.5 Å². The van der Waals surface area contributed by atoms with Gasteiger partial charge in [-0.25, -0.2) is 5.43 Å². The van der Waals surface area contributed by atoms with Gasteiger partial charge in [-0.2, -0.15) is 5.10 Å². The van der Waals surface area contributed by atoms with E-state index in [0.29, 0.717) is 30.3 Å². The van der Waals surface area contributed by atoms with Crippen LogP contribution in [0.1, 0.15) is 36.2 Å². The number of carbonyl (C=O) groups is 1. The Kier molecular flexibility index (Phi) is 8.12. The minimum absolute atomic E-state index is 0.280. The number of benzene rings is 2. The molecule has 5 nitrogen and oxygen atoms in total. The lowest BCUT2D eigenvalue weighted by Crippen LogP contribution is -2.17. The maximum absolute atomic E-state index is 12.1. The predicted octanol–water partition coefficient (Wildman–Crippen LogP) is 5.16. The Balaban J connectivity index is 2.12. The summed E-state index contributed by atoms with van der Waals surface area (Å²) in [5.41, 5.74) is 3.82. The fourth-order valence-corrected chi connectivity index (χ4v) is 2.76. The molecule has 138 valence electrons. The molecule has 0 saturated carbocycles. The first-order chi connectivity index (χ1) is 12.5. The van der Waals surface area contributed by atoms with E-state index in [2.05, 4.69) is 42.4 Å². The average molecular weight is 484 g/mol. The van der Waals surface area contributed by atoms with Crippen LogP contribution in [0.4, 0.5) is 0 Å². The second kappa shape index (κ2) is 10.3. The number of rotatable bonds is 8. The number of nitrogens with one attached hydrogen (secondary N) is 1. The van der Waals surface area contributed by atoms with Gasteiger partial charge in [0.05, 0.1) is 19.4 Å². The molecule has 1 N–H and O–H groups in total. The van der Waals surface area contributed by atoms with Crippen molar-refractivity contribution in [2.45, 2.75) is 20.3 Å². The molecule has 7 heteroatoms. The number of nitrogens with zero attached hydrogens (tertiary/aromatic N) is 1. The summed E-state index contributed by atoms with van der Waals surface area (Å²) in [5.74, 6) is 1.04. The fraction of sp³-hybridized carbons (Fsp3) is 0.263. The van der Waals surface area contributed by atoms with Crippen LogP contribution in [-0.2, 0) is 0 Å². The Morgan fingerprint density at radius 3 is 2.46 bits per heavy atom. The summed E-state index contributed by atoms with van der Waals surface area (Å²) < 4.78 is 13.1. The number of carbonyl (C=O) groups excluding carboxylic acids is 1. The molecule has 0 aliphatic heterocycles. The topological polar surface area (TPSA) is 59.9 Å². The number of ether oxygens (including phenoxy) is 2. The summed E-state index contributed by atoms with van der Waals surface area (Å²) in [7, 11) is 0. The van der Waals surface area contributed by atoms with E-state index in [0.717, 1.165) is 20.9 Å². The van der Waals surface area contributed by atoms with E-state index in [9.17, 15) is 4.79 Å². The Bertz CT molecular complexity index is 777. The van der Waals surface area contributed by atoms with Crippen LogP contribution in [-0.4, -0.2) is 25.3 Å². The molecule has 0 aromatic heterocycles. The van der Waals surface area contributed by atoms with Gasteiger partial charge >= 0.3 is 0 Å². The predicted molar refractivity (Wildman–Crippen MR) is 110 cm³/mol. The zero-order valence-electron chi connectivity index (χ0n) is 14.6. The van der Waals surface area contributed by atoms with Gasteiger partial charge in [0.15, 0.2) is 11.5 Å². The third kappa shape index (κ3) is 5.85. The van der Waals surface area contributed by atoms with Gasteiger partial charge in [0, 0.05) is 20.1 Å². The first kappa shape index (κ1) is 20.5.